The summed E-state index contributed by atoms with van der Waals surface area (Å²) in [4.78, 5) is 18.2. The second-order valence-corrected chi connectivity index (χ2v) is 5.23. The lowest BCUT2D eigenvalue weighted by molar-refractivity contribution is -0.132. The number of amides is 1. The summed E-state index contributed by atoms with van der Waals surface area (Å²) >= 11 is 5.90. The highest BCUT2D eigenvalue weighted by molar-refractivity contribution is 6.29. The third-order valence-corrected chi connectivity index (χ3v) is 3.47. The van der Waals surface area contributed by atoms with Crippen LogP contribution < -0.4 is 5.32 Å². The van der Waals surface area contributed by atoms with Crippen molar-refractivity contribution in [1.29, 1.82) is 0 Å². The Morgan fingerprint density at radius 3 is 3.25 bits per heavy atom. The van der Waals surface area contributed by atoms with Gasteiger partial charge in [0.05, 0.1) is 13.2 Å². The molecule has 0 aromatic carbocycles. The maximum absolute atomic E-state index is 12.2. The maximum Gasteiger partial charge on any atom is 0.239 e. The van der Waals surface area contributed by atoms with Gasteiger partial charge in [-0.05, 0) is 24.1 Å². The van der Waals surface area contributed by atoms with Gasteiger partial charge < -0.3 is 10.1 Å². The summed E-state index contributed by atoms with van der Waals surface area (Å²) < 4.78 is 5.43. The minimum Gasteiger partial charge on any atom is -0.378 e. The van der Waals surface area contributed by atoms with Gasteiger partial charge in [-0.25, -0.2) is 4.98 Å². The zero-order chi connectivity index (χ0) is 14.4. The molecule has 0 bridgehead atoms. The molecule has 1 saturated heterocycles. The second kappa shape index (κ2) is 7.57. The van der Waals surface area contributed by atoms with E-state index in [4.69, 9.17) is 16.3 Å². The number of rotatable bonds is 5. The van der Waals surface area contributed by atoms with E-state index in [2.05, 4.69) is 15.2 Å². The molecule has 0 radical (unpaired) electrons. The fourth-order valence-electron chi connectivity index (χ4n) is 2.21. The molecular formula is C14H20ClN3O2. The molecule has 1 aliphatic rings. The van der Waals surface area contributed by atoms with E-state index in [1.807, 2.05) is 19.1 Å². The molecule has 0 aliphatic carbocycles. The number of hydrogen-bond donors (Lipinski definition) is 1. The largest absolute Gasteiger partial charge is 0.378 e. The Balaban J connectivity index is 2.01. The first kappa shape index (κ1) is 15.2. The number of nitrogens with zero attached hydrogens (tertiary/aromatic N) is 2. The van der Waals surface area contributed by atoms with Crippen molar-refractivity contribution in [2.75, 3.05) is 26.3 Å². The zero-order valence-electron chi connectivity index (χ0n) is 11.6. The van der Waals surface area contributed by atoms with Crippen molar-refractivity contribution in [3.05, 3.63) is 29.0 Å². The number of morpholine rings is 1. The molecule has 1 aromatic heterocycles. The zero-order valence-corrected chi connectivity index (χ0v) is 12.4. The van der Waals surface area contributed by atoms with Gasteiger partial charge in [-0.1, -0.05) is 18.5 Å². The van der Waals surface area contributed by atoms with Crippen LogP contribution in [-0.2, 0) is 16.1 Å². The van der Waals surface area contributed by atoms with E-state index in [9.17, 15) is 4.79 Å². The van der Waals surface area contributed by atoms with Crippen LogP contribution in [0.1, 0.15) is 18.9 Å². The Morgan fingerprint density at radius 1 is 1.65 bits per heavy atom. The van der Waals surface area contributed by atoms with E-state index in [1.165, 1.54) is 0 Å². The molecule has 5 nitrogen and oxygen atoms in total. The van der Waals surface area contributed by atoms with Crippen LogP contribution in [0.5, 0.6) is 0 Å². The Labute approximate surface area is 124 Å². The Bertz CT molecular complexity index is 456. The van der Waals surface area contributed by atoms with Crippen LogP contribution in [-0.4, -0.2) is 48.1 Å². The molecule has 1 aliphatic heterocycles. The SMILES string of the molecule is CCCNC(=O)C1COCCN1Cc1ccnc(Cl)c1. The fourth-order valence-corrected chi connectivity index (χ4v) is 2.41. The Hall–Kier alpha value is -1.17. The Morgan fingerprint density at radius 2 is 2.50 bits per heavy atom. The molecule has 20 heavy (non-hydrogen) atoms. The average Bonchev–Trinajstić information content (AvgIpc) is 2.45. The number of ether oxygens (including phenoxy) is 1. The Kier molecular flexibility index (Phi) is 5.76. The highest BCUT2D eigenvalue weighted by atomic mass is 35.5. The van der Waals surface area contributed by atoms with E-state index >= 15 is 0 Å². The predicted octanol–water partition coefficient (Wildman–Crippen LogP) is 1.46. The van der Waals surface area contributed by atoms with E-state index in [-0.39, 0.29) is 11.9 Å². The van der Waals surface area contributed by atoms with E-state index in [0.29, 0.717) is 31.5 Å². The van der Waals surface area contributed by atoms with Gasteiger partial charge in [-0.15, -0.1) is 0 Å². The van der Waals surface area contributed by atoms with Gasteiger partial charge in [0.25, 0.3) is 0 Å². The van der Waals surface area contributed by atoms with Crippen LogP contribution in [0, 0.1) is 0 Å². The van der Waals surface area contributed by atoms with E-state index in [0.717, 1.165) is 18.5 Å². The quantitative estimate of drug-likeness (QED) is 0.836. The van der Waals surface area contributed by atoms with Crippen molar-refractivity contribution in [1.82, 2.24) is 15.2 Å². The van der Waals surface area contributed by atoms with Crippen molar-refractivity contribution in [3.63, 3.8) is 0 Å². The molecule has 0 spiro atoms. The molecule has 2 rings (SSSR count). The summed E-state index contributed by atoms with van der Waals surface area (Å²) in [5.74, 6) is 0.0340. The highest BCUT2D eigenvalue weighted by Gasteiger charge is 2.29. The maximum atomic E-state index is 12.2. The number of halogens is 1. The lowest BCUT2D eigenvalue weighted by Gasteiger charge is -2.34. The summed E-state index contributed by atoms with van der Waals surface area (Å²) in [6.45, 7) is 5.24. The normalized spacial score (nSPS) is 19.8. The topological polar surface area (TPSA) is 54.5 Å². The number of aromatic nitrogens is 1. The predicted molar refractivity (Wildman–Crippen MR) is 77.6 cm³/mol. The molecule has 110 valence electrons. The molecule has 1 aromatic rings. The van der Waals surface area contributed by atoms with Crippen LogP contribution in [0.4, 0.5) is 0 Å². The van der Waals surface area contributed by atoms with Gasteiger partial charge >= 0.3 is 0 Å². The average molecular weight is 298 g/mol. The molecular weight excluding hydrogens is 278 g/mol. The number of pyridine rings is 1. The fraction of sp³-hybridized carbons (Fsp3) is 0.571. The molecule has 6 heteroatoms. The van der Waals surface area contributed by atoms with Gasteiger partial charge in [-0.3, -0.25) is 9.69 Å². The van der Waals surface area contributed by atoms with Gasteiger partial charge in [0.15, 0.2) is 0 Å². The lowest BCUT2D eigenvalue weighted by Crippen LogP contribution is -2.53. The van der Waals surface area contributed by atoms with Crippen molar-refractivity contribution in [2.45, 2.75) is 25.9 Å². The monoisotopic (exact) mass is 297 g/mol. The summed E-state index contributed by atoms with van der Waals surface area (Å²) in [7, 11) is 0. The number of carbonyl (C=O) groups excluding carboxylic acids is 1. The summed E-state index contributed by atoms with van der Waals surface area (Å²) in [6, 6.07) is 3.52. The molecule has 1 N–H and O–H groups in total. The third kappa shape index (κ3) is 4.16. The highest BCUT2D eigenvalue weighted by Crippen LogP contribution is 2.14. The van der Waals surface area contributed by atoms with Gasteiger partial charge in [0.1, 0.15) is 11.2 Å². The van der Waals surface area contributed by atoms with Crippen molar-refractivity contribution >= 4 is 17.5 Å². The molecule has 1 amide bonds. The number of hydrogen-bond acceptors (Lipinski definition) is 4. The van der Waals surface area contributed by atoms with Crippen LogP contribution in [0.3, 0.4) is 0 Å². The minimum atomic E-state index is -0.234. The third-order valence-electron chi connectivity index (χ3n) is 3.27. The molecule has 2 heterocycles. The summed E-state index contributed by atoms with van der Waals surface area (Å²) in [6.07, 6.45) is 2.61. The summed E-state index contributed by atoms with van der Waals surface area (Å²) in [5, 5.41) is 3.40. The van der Waals surface area contributed by atoms with Crippen LogP contribution in [0.25, 0.3) is 0 Å². The van der Waals surface area contributed by atoms with E-state index < -0.39 is 0 Å². The van der Waals surface area contributed by atoms with Gasteiger partial charge in [0, 0.05) is 25.8 Å². The van der Waals surface area contributed by atoms with Crippen LogP contribution in [0.2, 0.25) is 5.15 Å². The first-order valence-corrected chi connectivity index (χ1v) is 7.28. The van der Waals surface area contributed by atoms with Crippen molar-refractivity contribution in [2.24, 2.45) is 0 Å². The van der Waals surface area contributed by atoms with Gasteiger partial charge in [0.2, 0.25) is 5.91 Å². The smallest absolute Gasteiger partial charge is 0.239 e. The van der Waals surface area contributed by atoms with Crippen LogP contribution in [0.15, 0.2) is 18.3 Å². The van der Waals surface area contributed by atoms with Gasteiger partial charge in [-0.2, -0.15) is 0 Å². The number of carbonyl (C=O) groups is 1. The van der Waals surface area contributed by atoms with Crippen LogP contribution >= 0.6 is 11.6 Å². The first-order chi connectivity index (χ1) is 9.70. The number of nitrogens with one attached hydrogen (secondary N) is 1. The molecule has 1 atom stereocenters. The van der Waals surface area contributed by atoms with Crippen molar-refractivity contribution < 1.29 is 9.53 Å². The standard InChI is InChI=1S/C14H20ClN3O2/c1-2-4-17-14(19)12-10-20-7-6-18(12)9-11-3-5-16-13(15)8-11/h3,5,8,12H,2,4,6-7,9-10H2,1H3,(H,17,19). The first-order valence-electron chi connectivity index (χ1n) is 6.90. The van der Waals surface area contributed by atoms with Crippen molar-refractivity contribution in [3.8, 4) is 0 Å². The molecule has 1 unspecified atom stereocenters. The summed E-state index contributed by atoms with van der Waals surface area (Å²) in [5.41, 5.74) is 1.06. The minimum absolute atomic E-state index is 0.0340. The lowest BCUT2D eigenvalue weighted by atomic mass is 10.1. The molecule has 1 fully saturated rings. The van der Waals surface area contributed by atoms with E-state index in [1.54, 1.807) is 6.20 Å². The second-order valence-electron chi connectivity index (χ2n) is 4.84. The molecule has 0 saturated carbocycles.